The fraction of sp³-hybridized carbons (Fsp3) is 0.467. The van der Waals surface area contributed by atoms with Crippen molar-refractivity contribution in [2.45, 2.75) is 32.1 Å². The lowest BCUT2D eigenvalue weighted by atomic mass is 9.98. The van der Waals surface area contributed by atoms with Gasteiger partial charge in [0.05, 0.1) is 6.54 Å². The third-order valence-corrected chi connectivity index (χ3v) is 3.47. The highest BCUT2D eigenvalue weighted by Gasteiger charge is 2.30. The molecule has 0 bridgehead atoms. The van der Waals surface area contributed by atoms with E-state index in [4.69, 9.17) is 15.2 Å². The van der Waals surface area contributed by atoms with E-state index in [-0.39, 0.29) is 6.04 Å². The third-order valence-electron chi connectivity index (χ3n) is 3.47. The summed E-state index contributed by atoms with van der Waals surface area (Å²) in [4.78, 5) is 2.26. The van der Waals surface area contributed by atoms with E-state index < -0.39 is 5.79 Å². The van der Waals surface area contributed by atoms with Crippen LogP contribution in [0.4, 0.5) is 5.69 Å². The van der Waals surface area contributed by atoms with Crippen LogP contribution in [-0.4, -0.2) is 24.9 Å². The normalized spacial score (nSPS) is 24.3. The summed E-state index contributed by atoms with van der Waals surface area (Å²) < 4.78 is 11.2. The van der Waals surface area contributed by atoms with Gasteiger partial charge in [-0.15, -0.1) is 0 Å². The van der Waals surface area contributed by atoms with Crippen LogP contribution in [0.15, 0.2) is 36.3 Å². The summed E-state index contributed by atoms with van der Waals surface area (Å²) >= 11 is 0. The number of rotatable bonds is 2. The summed E-state index contributed by atoms with van der Waals surface area (Å²) in [5.74, 6) is 0.307. The molecule has 102 valence electrons. The minimum absolute atomic E-state index is 0.172. The van der Waals surface area contributed by atoms with Crippen molar-refractivity contribution in [3.63, 3.8) is 0 Å². The Labute approximate surface area is 113 Å². The second kappa shape index (κ2) is 4.46. The summed E-state index contributed by atoms with van der Waals surface area (Å²) in [5.41, 5.74) is 8.69. The van der Waals surface area contributed by atoms with Gasteiger partial charge in [-0.25, -0.2) is 0 Å². The van der Waals surface area contributed by atoms with Gasteiger partial charge in [-0.2, -0.15) is 0 Å². The summed E-state index contributed by atoms with van der Waals surface area (Å²) in [7, 11) is 0. The maximum absolute atomic E-state index is 6.13. The van der Waals surface area contributed by atoms with E-state index in [1.807, 2.05) is 13.8 Å². The molecule has 3 rings (SSSR count). The number of hydrogen-bond acceptors (Lipinski definition) is 4. The molecule has 0 saturated heterocycles. The predicted molar refractivity (Wildman–Crippen MR) is 74.7 cm³/mol. The molecule has 2 aliphatic rings. The molecule has 0 radical (unpaired) electrons. The van der Waals surface area contributed by atoms with E-state index in [1.165, 1.54) is 11.3 Å². The van der Waals surface area contributed by atoms with Gasteiger partial charge < -0.3 is 20.1 Å². The minimum Gasteiger partial charge on any atom is -0.457 e. The summed E-state index contributed by atoms with van der Waals surface area (Å²) in [6, 6.07) is 8.58. The summed E-state index contributed by atoms with van der Waals surface area (Å²) in [6.45, 7) is 5.37. The van der Waals surface area contributed by atoms with Gasteiger partial charge in [0.15, 0.2) is 5.76 Å². The predicted octanol–water partition coefficient (Wildman–Crippen LogP) is 2.00. The van der Waals surface area contributed by atoms with Crippen molar-refractivity contribution in [3.05, 3.63) is 41.9 Å². The molecule has 2 aliphatic heterocycles. The largest absolute Gasteiger partial charge is 0.457 e. The van der Waals surface area contributed by atoms with Crippen LogP contribution < -0.4 is 10.6 Å². The van der Waals surface area contributed by atoms with Crippen molar-refractivity contribution in [1.82, 2.24) is 0 Å². The van der Waals surface area contributed by atoms with E-state index in [9.17, 15) is 0 Å². The van der Waals surface area contributed by atoms with Crippen LogP contribution in [-0.2, 0) is 15.9 Å². The Bertz CT molecular complexity index is 511. The van der Waals surface area contributed by atoms with E-state index >= 15 is 0 Å². The molecule has 0 fully saturated rings. The van der Waals surface area contributed by atoms with Gasteiger partial charge >= 0.3 is 0 Å². The van der Waals surface area contributed by atoms with Gasteiger partial charge in [0, 0.05) is 32.1 Å². The Hall–Kier alpha value is -1.68. The van der Waals surface area contributed by atoms with Crippen molar-refractivity contribution < 1.29 is 9.47 Å². The summed E-state index contributed by atoms with van der Waals surface area (Å²) in [5, 5.41) is 0. The Morgan fingerprint density at radius 2 is 2.16 bits per heavy atom. The lowest BCUT2D eigenvalue weighted by molar-refractivity contribution is -0.116. The molecule has 1 unspecified atom stereocenters. The van der Waals surface area contributed by atoms with Crippen molar-refractivity contribution in [1.29, 1.82) is 0 Å². The molecule has 0 aliphatic carbocycles. The van der Waals surface area contributed by atoms with Gasteiger partial charge in [-0.05, 0) is 18.1 Å². The maximum Gasteiger partial charge on any atom is 0.244 e. The van der Waals surface area contributed by atoms with Crippen molar-refractivity contribution in [3.8, 4) is 0 Å². The smallest absolute Gasteiger partial charge is 0.244 e. The van der Waals surface area contributed by atoms with Crippen LogP contribution in [0.3, 0.4) is 0 Å². The average Bonchev–Trinajstić information content (AvgIpc) is 2.68. The number of ether oxygens (including phenoxy) is 2. The molecule has 1 aromatic carbocycles. The number of benzene rings is 1. The molecule has 0 saturated carbocycles. The second-order valence-corrected chi connectivity index (χ2v) is 5.68. The van der Waals surface area contributed by atoms with Crippen molar-refractivity contribution >= 4 is 5.69 Å². The molecule has 4 nitrogen and oxygen atoms in total. The molecule has 4 heteroatoms. The van der Waals surface area contributed by atoms with Gasteiger partial charge in [0.25, 0.3) is 0 Å². The Balaban J connectivity index is 1.79. The molecule has 0 spiro atoms. The number of para-hydroxylation sites is 1. The van der Waals surface area contributed by atoms with Gasteiger partial charge in [-0.1, -0.05) is 18.2 Å². The average molecular weight is 260 g/mol. The minimum atomic E-state index is -0.549. The molecule has 1 atom stereocenters. The number of nitrogens with zero attached hydrogens (tertiary/aromatic N) is 1. The lowest BCUT2D eigenvalue weighted by Crippen LogP contribution is -2.44. The molecule has 1 aromatic rings. The molecule has 0 aromatic heterocycles. The third kappa shape index (κ3) is 2.54. The lowest BCUT2D eigenvalue weighted by Gasteiger charge is -2.34. The fourth-order valence-corrected chi connectivity index (χ4v) is 2.70. The van der Waals surface area contributed by atoms with Crippen LogP contribution >= 0.6 is 0 Å². The second-order valence-electron chi connectivity index (χ2n) is 5.68. The van der Waals surface area contributed by atoms with Crippen LogP contribution in [0, 0.1) is 0 Å². The first kappa shape index (κ1) is 12.4. The van der Waals surface area contributed by atoms with Crippen LogP contribution in [0.1, 0.15) is 19.4 Å². The molecular formula is C15H20N2O2. The highest BCUT2D eigenvalue weighted by atomic mass is 16.7. The van der Waals surface area contributed by atoms with E-state index in [2.05, 4.69) is 29.2 Å². The Kier molecular flexibility index (Phi) is 2.90. The first-order valence-electron chi connectivity index (χ1n) is 6.68. The molecule has 2 N–H and O–H groups in total. The number of fused-ring (bicyclic) bond motifs is 1. The first-order valence-corrected chi connectivity index (χ1v) is 6.68. The van der Waals surface area contributed by atoms with Crippen molar-refractivity contribution in [2.24, 2.45) is 5.73 Å². The van der Waals surface area contributed by atoms with E-state index in [0.29, 0.717) is 6.54 Å². The van der Waals surface area contributed by atoms with Crippen LogP contribution in [0.5, 0.6) is 0 Å². The fourth-order valence-electron chi connectivity index (χ4n) is 2.70. The quantitative estimate of drug-likeness (QED) is 0.883. The van der Waals surface area contributed by atoms with Crippen molar-refractivity contribution in [2.75, 3.05) is 18.0 Å². The molecular weight excluding hydrogens is 240 g/mol. The van der Waals surface area contributed by atoms with Crippen LogP contribution in [0.2, 0.25) is 0 Å². The molecule has 2 heterocycles. The SMILES string of the molecule is CC1(C)OC=C(CN2CC(N)Cc3ccccc32)O1. The Morgan fingerprint density at radius 3 is 2.89 bits per heavy atom. The van der Waals surface area contributed by atoms with Crippen LogP contribution in [0.25, 0.3) is 0 Å². The number of anilines is 1. The standard InChI is InChI=1S/C15H20N2O2/c1-15(2)18-10-13(19-15)9-17-8-12(16)7-11-5-3-4-6-14(11)17/h3-6,10,12H,7-9,16H2,1-2H3. The van der Waals surface area contributed by atoms with E-state index in [1.54, 1.807) is 6.26 Å². The zero-order chi connectivity index (χ0) is 13.5. The zero-order valence-electron chi connectivity index (χ0n) is 11.4. The molecule has 0 amide bonds. The number of nitrogens with two attached hydrogens (primary N) is 1. The van der Waals surface area contributed by atoms with Gasteiger partial charge in [0.2, 0.25) is 5.79 Å². The van der Waals surface area contributed by atoms with E-state index in [0.717, 1.165) is 18.7 Å². The maximum atomic E-state index is 6.13. The topological polar surface area (TPSA) is 47.7 Å². The summed E-state index contributed by atoms with van der Waals surface area (Å²) in [6.07, 6.45) is 2.65. The monoisotopic (exact) mass is 260 g/mol. The number of hydrogen-bond donors (Lipinski definition) is 1. The van der Waals surface area contributed by atoms with Gasteiger partial charge in [0.1, 0.15) is 6.26 Å². The first-order chi connectivity index (χ1) is 9.03. The highest BCUT2D eigenvalue weighted by molar-refractivity contribution is 5.56. The Morgan fingerprint density at radius 1 is 1.37 bits per heavy atom. The van der Waals surface area contributed by atoms with Gasteiger partial charge in [-0.3, -0.25) is 0 Å². The highest BCUT2D eigenvalue weighted by Crippen LogP contribution is 2.30. The molecule has 19 heavy (non-hydrogen) atoms. The zero-order valence-corrected chi connectivity index (χ0v) is 11.4.